The minimum absolute atomic E-state index is 0.301. The molecule has 3 aliphatic rings. The SMILES string of the molecule is COC[C@@]12CC[C@@H](N3CCOCC3)C[C@H]1CCN(Cc1nc(-c3ccccc3)cs1)C2. The number of fused-ring (bicyclic) bond motifs is 1. The normalized spacial score (nSPS) is 30.2. The van der Waals surface area contributed by atoms with Crippen LogP contribution < -0.4 is 0 Å². The minimum Gasteiger partial charge on any atom is -0.384 e. The summed E-state index contributed by atoms with van der Waals surface area (Å²) in [6, 6.07) is 11.2. The molecule has 3 heterocycles. The number of thiazole rings is 1. The standard InChI is InChI=1S/C25H35N3O2S/c1-29-19-25-9-7-22(28-11-13-30-14-12-28)15-21(25)8-10-27(18-25)16-24-26-23(17-31-24)20-5-3-2-4-6-20/h2-6,17,21-22H,7-16,18-19H2,1H3/t21-,22-,25+/m1/s1. The van der Waals surface area contributed by atoms with E-state index in [1.54, 1.807) is 11.3 Å². The Bertz CT molecular complexity index is 838. The highest BCUT2D eigenvalue weighted by Crippen LogP contribution is 2.48. The van der Waals surface area contributed by atoms with E-state index in [-0.39, 0.29) is 0 Å². The van der Waals surface area contributed by atoms with Crippen molar-refractivity contribution >= 4 is 11.3 Å². The van der Waals surface area contributed by atoms with Gasteiger partial charge in [-0.2, -0.15) is 0 Å². The van der Waals surface area contributed by atoms with E-state index in [4.69, 9.17) is 14.5 Å². The van der Waals surface area contributed by atoms with E-state index in [2.05, 4.69) is 45.5 Å². The number of hydrogen-bond donors (Lipinski definition) is 0. The third kappa shape index (κ3) is 4.74. The first-order valence-corrected chi connectivity index (χ1v) is 12.7. The van der Waals surface area contributed by atoms with Gasteiger partial charge < -0.3 is 9.47 Å². The van der Waals surface area contributed by atoms with Crippen LogP contribution in [-0.2, 0) is 16.0 Å². The predicted molar refractivity (Wildman–Crippen MR) is 125 cm³/mol. The molecule has 0 radical (unpaired) electrons. The molecule has 1 aromatic heterocycles. The van der Waals surface area contributed by atoms with Crippen LogP contribution in [0.15, 0.2) is 35.7 Å². The van der Waals surface area contributed by atoms with Crippen molar-refractivity contribution in [2.45, 2.75) is 38.3 Å². The molecule has 168 valence electrons. The summed E-state index contributed by atoms with van der Waals surface area (Å²) in [5, 5.41) is 3.43. The molecular weight excluding hydrogens is 406 g/mol. The molecule has 2 saturated heterocycles. The third-order valence-electron chi connectivity index (χ3n) is 7.70. The number of methoxy groups -OCH3 is 1. The Kier molecular flexibility index (Phi) is 6.72. The number of nitrogens with zero attached hydrogens (tertiary/aromatic N) is 3. The van der Waals surface area contributed by atoms with Gasteiger partial charge in [-0.3, -0.25) is 9.80 Å². The molecule has 3 fully saturated rings. The first-order valence-electron chi connectivity index (χ1n) is 11.8. The van der Waals surface area contributed by atoms with Gasteiger partial charge in [-0.05, 0) is 38.1 Å². The predicted octanol–water partition coefficient (Wildman–Crippen LogP) is 4.15. The maximum Gasteiger partial charge on any atom is 0.107 e. The van der Waals surface area contributed by atoms with Crippen LogP contribution >= 0.6 is 11.3 Å². The van der Waals surface area contributed by atoms with Gasteiger partial charge in [0.15, 0.2) is 0 Å². The summed E-state index contributed by atoms with van der Waals surface area (Å²) in [7, 11) is 1.88. The maximum atomic E-state index is 5.81. The van der Waals surface area contributed by atoms with Gasteiger partial charge in [0.2, 0.25) is 0 Å². The summed E-state index contributed by atoms with van der Waals surface area (Å²) in [6.07, 6.45) is 5.17. The van der Waals surface area contributed by atoms with Gasteiger partial charge in [0.1, 0.15) is 5.01 Å². The number of likely N-dealkylation sites (tertiary alicyclic amines) is 1. The summed E-state index contributed by atoms with van der Waals surface area (Å²) in [5.74, 6) is 0.765. The number of hydrogen-bond acceptors (Lipinski definition) is 6. The second-order valence-electron chi connectivity index (χ2n) is 9.56. The van der Waals surface area contributed by atoms with Crippen molar-refractivity contribution in [1.29, 1.82) is 0 Å². The van der Waals surface area contributed by atoms with Crippen molar-refractivity contribution in [1.82, 2.24) is 14.8 Å². The fourth-order valence-corrected chi connectivity index (χ4v) is 6.94. The van der Waals surface area contributed by atoms with E-state index in [1.807, 2.05) is 7.11 Å². The number of rotatable bonds is 6. The molecule has 5 nitrogen and oxygen atoms in total. The third-order valence-corrected chi connectivity index (χ3v) is 8.54. The zero-order valence-electron chi connectivity index (χ0n) is 18.7. The molecule has 2 aliphatic heterocycles. The number of ether oxygens (including phenoxy) is 2. The Labute approximate surface area is 190 Å². The number of piperidine rings is 1. The molecule has 1 aliphatic carbocycles. The van der Waals surface area contributed by atoms with E-state index in [1.165, 1.54) is 42.8 Å². The summed E-state index contributed by atoms with van der Waals surface area (Å²) in [6.45, 7) is 8.17. The van der Waals surface area contributed by atoms with E-state index >= 15 is 0 Å². The maximum absolute atomic E-state index is 5.81. The van der Waals surface area contributed by atoms with E-state index in [9.17, 15) is 0 Å². The van der Waals surface area contributed by atoms with Crippen molar-refractivity contribution < 1.29 is 9.47 Å². The van der Waals surface area contributed by atoms with Crippen molar-refractivity contribution in [2.24, 2.45) is 11.3 Å². The lowest BCUT2D eigenvalue weighted by molar-refractivity contribution is -0.0870. The van der Waals surface area contributed by atoms with Gasteiger partial charge >= 0.3 is 0 Å². The van der Waals surface area contributed by atoms with Crippen LogP contribution in [0.5, 0.6) is 0 Å². The molecule has 0 bridgehead atoms. The quantitative estimate of drug-likeness (QED) is 0.673. The lowest BCUT2D eigenvalue weighted by Crippen LogP contribution is -2.56. The molecule has 0 unspecified atom stereocenters. The molecular formula is C25H35N3O2S. The number of morpholine rings is 1. The molecule has 5 rings (SSSR count). The molecule has 0 amide bonds. The highest BCUT2D eigenvalue weighted by Gasteiger charge is 2.48. The molecule has 31 heavy (non-hydrogen) atoms. The summed E-state index contributed by atoms with van der Waals surface area (Å²) in [5.41, 5.74) is 2.61. The zero-order valence-corrected chi connectivity index (χ0v) is 19.5. The highest BCUT2D eigenvalue weighted by atomic mass is 32.1. The first-order chi connectivity index (χ1) is 15.3. The van der Waals surface area contributed by atoms with Gasteiger partial charge in [-0.25, -0.2) is 4.98 Å². The topological polar surface area (TPSA) is 37.8 Å². The zero-order chi connectivity index (χ0) is 21.1. The van der Waals surface area contributed by atoms with Crippen LogP contribution in [-0.4, -0.2) is 73.9 Å². The largest absolute Gasteiger partial charge is 0.384 e. The molecule has 1 saturated carbocycles. The van der Waals surface area contributed by atoms with Gasteiger partial charge in [0.05, 0.1) is 32.1 Å². The lowest BCUT2D eigenvalue weighted by atomic mass is 9.62. The van der Waals surface area contributed by atoms with Crippen molar-refractivity contribution in [2.75, 3.05) is 53.1 Å². The number of benzene rings is 1. The second-order valence-corrected chi connectivity index (χ2v) is 10.5. The first kappa shape index (κ1) is 21.5. The Morgan fingerprint density at radius 1 is 1.16 bits per heavy atom. The van der Waals surface area contributed by atoms with Crippen LogP contribution in [0.1, 0.15) is 30.7 Å². The smallest absolute Gasteiger partial charge is 0.107 e. The average Bonchev–Trinajstić information content (AvgIpc) is 3.28. The fourth-order valence-electron chi connectivity index (χ4n) is 6.10. The monoisotopic (exact) mass is 441 g/mol. The van der Waals surface area contributed by atoms with E-state index in [0.717, 1.165) is 63.7 Å². The van der Waals surface area contributed by atoms with Crippen molar-refractivity contribution in [3.8, 4) is 11.3 Å². The Hall–Kier alpha value is -1.31. The van der Waals surface area contributed by atoms with Gasteiger partial charge in [-0.1, -0.05) is 30.3 Å². The van der Waals surface area contributed by atoms with Crippen LogP contribution in [0.3, 0.4) is 0 Å². The van der Waals surface area contributed by atoms with Crippen LogP contribution in [0, 0.1) is 11.3 Å². The highest BCUT2D eigenvalue weighted by molar-refractivity contribution is 7.09. The molecule has 3 atom stereocenters. The van der Waals surface area contributed by atoms with Gasteiger partial charge in [-0.15, -0.1) is 11.3 Å². The molecule has 1 aromatic carbocycles. The summed E-state index contributed by atoms with van der Waals surface area (Å²) in [4.78, 5) is 10.3. The second kappa shape index (κ2) is 9.67. The van der Waals surface area contributed by atoms with Gasteiger partial charge in [0.25, 0.3) is 0 Å². The molecule has 0 N–H and O–H groups in total. The Morgan fingerprint density at radius 2 is 2.00 bits per heavy atom. The van der Waals surface area contributed by atoms with Crippen LogP contribution in [0.4, 0.5) is 0 Å². The van der Waals surface area contributed by atoms with Crippen molar-refractivity contribution in [3.63, 3.8) is 0 Å². The average molecular weight is 442 g/mol. The fraction of sp³-hybridized carbons (Fsp3) is 0.640. The van der Waals surface area contributed by atoms with Crippen molar-refractivity contribution in [3.05, 3.63) is 40.7 Å². The summed E-state index contributed by atoms with van der Waals surface area (Å²) < 4.78 is 11.4. The molecule has 2 aromatic rings. The number of aromatic nitrogens is 1. The van der Waals surface area contributed by atoms with Gasteiger partial charge in [0, 0.05) is 49.1 Å². The lowest BCUT2D eigenvalue weighted by Gasteiger charge is -2.54. The Balaban J connectivity index is 1.24. The molecule has 0 spiro atoms. The van der Waals surface area contributed by atoms with E-state index in [0.29, 0.717) is 5.41 Å². The Morgan fingerprint density at radius 3 is 2.81 bits per heavy atom. The molecule has 6 heteroatoms. The van der Waals surface area contributed by atoms with Crippen LogP contribution in [0.25, 0.3) is 11.3 Å². The summed E-state index contributed by atoms with van der Waals surface area (Å²) >= 11 is 1.80. The van der Waals surface area contributed by atoms with E-state index < -0.39 is 0 Å². The van der Waals surface area contributed by atoms with Crippen LogP contribution in [0.2, 0.25) is 0 Å². The minimum atomic E-state index is 0.301.